The smallest absolute Gasteiger partial charge is 0.233 e. The number of pyridine rings is 1. The lowest BCUT2D eigenvalue weighted by Crippen LogP contribution is -2.42. The van der Waals surface area contributed by atoms with E-state index in [9.17, 15) is 13.2 Å². The maximum absolute atomic E-state index is 12.7. The fourth-order valence-corrected chi connectivity index (χ4v) is 5.70. The summed E-state index contributed by atoms with van der Waals surface area (Å²) in [7, 11) is -1.17. The minimum absolute atomic E-state index is 0.0580. The first-order valence-corrected chi connectivity index (χ1v) is 11.6. The van der Waals surface area contributed by atoms with Gasteiger partial charge in [-0.05, 0) is 25.0 Å². The molecule has 0 aliphatic carbocycles. The van der Waals surface area contributed by atoms with Gasteiger partial charge in [0, 0.05) is 37.6 Å². The Balaban J connectivity index is 1.67. The summed E-state index contributed by atoms with van der Waals surface area (Å²) in [5, 5.41) is 9.02. The molecule has 1 aliphatic rings. The number of rotatable bonds is 7. The molecule has 1 atom stereocenters. The second-order valence-corrected chi connectivity index (χ2v) is 9.70. The van der Waals surface area contributed by atoms with Crippen molar-refractivity contribution in [2.75, 3.05) is 23.8 Å². The van der Waals surface area contributed by atoms with Crippen LogP contribution in [0.1, 0.15) is 19.8 Å². The summed E-state index contributed by atoms with van der Waals surface area (Å²) in [6.45, 7) is 2.56. The van der Waals surface area contributed by atoms with E-state index in [1.54, 1.807) is 17.3 Å². The van der Waals surface area contributed by atoms with E-state index in [2.05, 4.69) is 15.2 Å². The molecular weight excluding hydrogens is 386 g/mol. The lowest BCUT2D eigenvalue weighted by Gasteiger charge is -2.27. The zero-order chi connectivity index (χ0) is 19.4. The summed E-state index contributed by atoms with van der Waals surface area (Å²) in [4.78, 5) is 18.5. The predicted octanol–water partition coefficient (Wildman–Crippen LogP) is 1.39. The van der Waals surface area contributed by atoms with Gasteiger partial charge in [-0.2, -0.15) is 0 Å². The summed E-state index contributed by atoms with van der Waals surface area (Å²) >= 11 is 1.32. The average Bonchev–Trinajstić information content (AvgIpc) is 3.20. The van der Waals surface area contributed by atoms with Crippen molar-refractivity contribution in [2.45, 2.75) is 31.0 Å². The molecule has 0 bridgehead atoms. The molecule has 0 radical (unpaired) electrons. The van der Waals surface area contributed by atoms with Gasteiger partial charge in [-0.25, -0.2) is 8.42 Å². The number of carbonyl (C=O) groups is 1. The van der Waals surface area contributed by atoms with E-state index in [4.69, 9.17) is 0 Å². The van der Waals surface area contributed by atoms with E-state index in [1.165, 1.54) is 11.8 Å². The zero-order valence-electron chi connectivity index (χ0n) is 15.4. The highest BCUT2D eigenvalue weighted by atomic mass is 32.2. The summed E-state index contributed by atoms with van der Waals surface area (Å²) in [5.74, 6) is 1.09. The minimum Gasteiger partial charge on any atom is -0.338 e. The molecule has 0 saturated carbocycles. The van der Waals surface area contributed by atoms with Gasteiger partial charge in [0.15, 0.2) is 20.8 Å². The molecule has 8 nitrogen and oxygen atoms in total. The Morgan fingerprint density at radius 1 is 1.33 bits per heavy atom. The summed E-state index contributed by atoms with van der Waals surface area (Å²) in [6, 6.07) is 3.50. The third-order valence-electron chi connectivity index (χ3n) is 4.53. The van der Waals surface area contributed by atoms with Crippen molar-refractivity contribution >= 4 is 27.5 Å². The highest BCUT2D eigenvalue weighted by Gasteiger charge is 2.34. The third-order valence-corrected chi connectivity index (χ3v) is 7.29. The fourth-order valence-electron chi connectivity index (χ4n) is 3.18. The van der Waals surface area contributed by atoms with Crippen molar-refractivity contribution in [3.63, 3.8) is 0 Å². The second kappa shape index (κ2) is 8.39. The molecule has 1 amide bonds. The van der Waals surface area contributed by atoms with Gasteiger partial charge in [-0.15, -0.1) is 10.2 Å². The first kappa shape index (κ1) is 19.8. The van der Waals surface area contributed by atoms with Crippen LogP contribution in [-0.2, 0) is 21.7 Å². The van der Waals surface area contributed by atoms with Gasteiger partial charge in [0.2, 0.25) is 5.91 Å². The number of carbonyl (C=O) groups excluding carboxylic acids is 1. The van der Waals surface area contributed by atoms with Crippen LogP contribution >= 0.6 is 11.8 Å². The van der Waals surface area contributed by atoms with Crippen molar-refractivity contribution in [1.82, 2.24) is 24.6 Å². The lowest BCUT2D eigenvalue weighted by atomic mass is 10.2. The van der Waals surface area contributed by atoms with Crippen LogP contribution in [0.2, 0.25) is 0 Å². The second-order valence-electron chi connectivity index (χ2n) is 6.53. The van der Waals surface area contributed by atoms with Crippen molar-refractivity contribution in [3.8, 4) is 11.4 Å². The SMILES string of the molecule is CCCN(C(=O)CSc1nnc(-c2ccncc2)n1C)[C@@H]1CCS(=O)(=O)C1. The summed E-state index contributed by atoms with van der Waals surface area (Å²) in [5.41, 5.74) is 0.905. The number of aromatic nitrogens is 4. The predicted molar refractivity (Wildman–Crippen MR) is 104 cm³/mol. The van der Waals surface area contributed by atoms with Gasteiger partial charge in [0.25, 0.3) is 0 Å². The van der Waals surface area contributed by atoms with Gasteiger partial charge in [-0.3, -0.25) is 9.78 Å². The first-order valence-electron chi connectivity index (χ1n) is 8.83. The molecule has 0 aromatic carbocycles. The maximum atomic E-state index is 12.7. The molecule has 10 heteroatoms. The van der Waals surface area contributed by atoms with Gasteiger partial charge >= 0.3 is 0 Å². The van der Waals surface area contributed by atoms with E-state index in [-0.39, 0.29) is 29.2 Å². The Hall–Kier alpha value is -1.94. The molecule has 3 heterocycles. The zero-order valence-corrected chi connectivity index (χ0v) is 17.0. The van der Waals surface area contributed by atoms with Crippen molar-refractivity contribution in [2.24, 2.45) is 7.05 Å². The van der Waals surface area contributed by atoms with Gasteiger partial charge in [-0.1, -0.05) is 18.7 Å². The van der Waals surface area contributed by atoms with Crippen LogP contribution in [-0.4, -0.2) is 68.8 Å². The van der Waals surface area contributed by atoms with Gasteiger partial charge in [0.05, 0.1) is 17.3 Å². The number of nitrogens with zero attached hydrogens (tertiary/aromatic N) is 5. The topological polar surface area (TPSA) is 98.1 Å². The number of amides is 1. The van der Waals surface area contributed by atoms with E-state index in [1.807, 2.05) is 30.7 Å². The first-order chi connectivity index (χ1) is 12.9. The number of hydrogen-bond donors (Lipinski definition) is 0. The molecule has 1 fully saturated rings. The van der Waals surface area contributed by atoms with E-state index in [0.717, 1.165) is 12.0 Å². The minimum atomic E-state index is -3.03. The molecule has 2 aromatic heterocycles. The van der Waals surface area contributed by atoms with Crippen LogP contribution < -0.4 is 0 Å². The molecule has 3 rings (SSSR count). The van der Waals surface area contributed by atoms with Crippen LogP contribution in [0.5, 0.6) is 0 Å². The molecular formula is C17H23N5O3S2. The molecule has 146 valence electrons. The van der Waals surface area contributed by atoms with Crippen LogP contribution in [0.3, 0.4) is 0 Å². The van der Waals surface area contributed by atoms with Crippen LogP contribution in [0.15, 0.2) is 29.7 Å². The van der Waals surface area contributed by atoms with E-state index in [0.29, 0.717) is 23.9 Å². The largest absolute Gasteiger partial charge is 0.338 e. The molecule has 0 spiro atoms. The van der Waals surface area contributed by atoms with Crippen molar-refractivity contribution in [1.29, 1.82) is 0 Å². The van der Waals surface area contributed by atoms with Crippen LogP contribution in [0, 0.1) is 0 Å². The highest BCUT2D eigenvalue weighted by molar-refractivity contribution is 7.99. The quantitative estimate of drug-likeness (QED) is 0.637. The fraction of sp³-hybridized carbons (Fsp3) is 0.529. The van der Waals surface area contributed by atoms with E-state index < -0.39 is 9.84 Å². The molecule has 0 N–H and O–H groups in total. The Morgan fingerprint density at radius 2 is 2.07 bits per heavy atom. The van der Waals surface area contributed by atoms with Gasteiger partial charge < -0.3 is 9.47 Å². The maximum Gasteiger partial charge on any atom is 0.233 e. The molecule has 27 heavy (non-hydrogen) atoms. The monoisotopic (exact) mass is 409 g/mol. The Bertz CT molecular complexity index is 899. The molecule has 0 unspecified atom stereocenters. The van der Waals surface area contributed by atoms with Gasteiger partial charge in [0.1, 0.15) is 0 Å². The van der Waals surface area contributed by atoms with Crippen molar-refractivity contribution < 1.29 is 13.2 Å². The summed E-state index contributed by atoms with van der Waals surface area (Å²) in [6.07, 6.45) is 4.70. The Labute approximate surface area is 163 Å². The summed E-state index contributed by atoms with van der Waals surface area (Å²) < 4.78 is 25.4. The Kier molecular flexibility index (Phi) is 6.15. The average molecular weight is 410 g/mol. The van der Waals surface area contributed by atoms with Crippen LogP contribution in [0.4, 0.5) is 0 Å². The van der Waals surface area contributed by atoms with Crippen molar-refractivity contribution in [3.05, 3.63) is 24.5 Å². The highest BCUT2D eigenvalue weighted by Crippen LogP contribution is 2.24. The normalized spacial score (nSPS) is 18.5. The molecule has 1 saturated heterocycles. The number of thioether (sulfide) groups is 1. The standard InChI is InChI=1S/C17H23N5O3S2/c1-3-9-22(14-6-10-27(24,25)12-14)15(23)11-26-17-20-19-16(21(17)2)13-4-7-18-8-5-13/h4-5,7-8,14H,3,6,9-12H2,1-2H3/t14-/m1/s1. The third kappa shape index (κ3) is 4.67. The Morgan fingerprint density at radius 3 is 2.70 bits per heavy atom. The lowest BCUT2D eigenvalue weighted by molar-refractivity contribution is -0.130. The number of hydrogen-bond acceptors (Lipinski definition) is 7. The van der Waals surface area contributed by atoms with E-state index >= 15 is 0 Å². The number of sulfone groups is 1. The molecule has 1 aliphatic heterocycles. The van der Waals surface area contributed by atoms with Crippen LogP contribution in [0.25, 0.3) is 11.4 Å². The molecule has 2 aromatic rings.